The van der Waals surface area contributed by atoms with Crippen LogP contribution in [0.15, 0.2) is 42.5 Å². The molecule has 0 fully saturated rings. The minimum Gasteiger partial charge on any atom is -0.508 e. The zero-order valence-electron chi connectivity index (χ0n) is 13.5. The number of urea groups is 1. The molecule has 0 aromatic heterocycles. The summed E-state index contributed by atoms with van der Waals surface area (Å²) >= 11 is 0. The zero-order chi connectivity index (χ0) is 16.9. The first-order valence-electron chi connectivity index (χ1n) is 8.21. The van der Waals surface area contributed by atoms with Gasteiger partial charge in [-0.25, -0.2) is 4.79 Å². The number of benzene rings is 2. The number of carbonyl (C=O) groups is 1. The van der Waals surface area contributed by atoms with Crippen LogP contribution < -0.4 is 10.6 Å². The van der Waals surface area contributed by atoms with Crippen molar-refractivity contribution in [1.29, 1.82) is 0 Å². The zero-order valence-corrected chi connectivity index (χ0v) is 13.5. The minimum absolute atomic E-state index is 0.0410. The van der Waals surface area contributed by atoms with Crippen molar-refractivity contribution in [2.75, 3.05) is 6.54 Å². The number of amides is 2. The van der Waals surface area contributed by atoms with Gasteiger partial charge in [-0.1, -0.05) is 36.4 Å². The molecule has 2 aromatic rings. The molecule has 2 aromatic carbocycles. The minimum atomic E-state index is -0.192. The lowest BCUT2D eigenvalue weighted by atomic mass is 10.1. The topological polar surface area (TPSA) is 81.6 Å². The number of rotatable bonds is 5. The molecule has 0 heterocycles. The van der Waals surface area contributed by atoms with Gasteiger partial charge in [0.2, 0.25) is 0 Å². The highest BCUT2D eigenvalue weighted by Crippen LogP contribution is 2.36. The third kappa shape index (κ3) is 3.68. The van der Waals surface area contributed by atoms with Crippen molar-refractivity contribution in [3.63, 3.8) is 0 Å². The number of phenolic OH excluding ortho intramolecular Hbond substituents is 1. The molecule has 1 aliphatic rings. The van der Waals surface area contributed by atoms with E-state index in [1.165, 1.54) is 0 Å². The molecule has 0 radical (unpaired) electrons. The SMILES string of the molecule is O=C(NCCc1ccc(CO)cc1)NC1CCc2c(O)cccc21. The molecule has 3 rings (SSSR count). The maximum Gasteiger partial charge on any atom is 0.315 e. The van der Waals surface area contributed by atoms with Crippen molar-refractivity contribution in [3.8, 4) is 5.75 Å². The Morgan fingerprint density at radius 3 is 2.62 bits per heavy atom. The maximum atomic E-state index is 12.1. The van der Waals surface area contributed by atoms with Gasteiger partial charge >= 0.3 is 6.03 Å². The first kappa shape index (κ1) is 16.3. The number of phenols is 1. The second kappa shape index (κ2) is 7.36. The second-order valence-electron chi connectivity index (χ2n) is 6.06. The summed E-state index contributed by atoms with van der Waals surface area (Å²) in [6, 6.07) is 12.9. The first-order valence-corrected chi connectivity index (χ1v) is 8.21. The van der Waals surface area contributed by atoms with Gasteiger partial charge in [0.1, 0.15) is 5.75 Å². The van der Waals surface area contributed by atoms with Crippen LogP contribution in [0.5, 0.6) is 5.75 Å². The number of aliphatic hydroxyl groups excluding tert-OH is 1. The molecule has 4 N–H and O–H groups in total. The molecule has 5 nitrogen and oxygen atoms in total. The van der Waals surface area contributed by atoms with Crippen molar-refractivity contribution < 1.29 is 15.0 Å². The van der Waals surface area contributed by atoms with Gasteiger partial charge < -0.3 is 20.8 Å². The van der Waals surface area contributed by atoms with Gasteiger partial charge in [-0.3, -0.25) is 0 Å². The largest absolute Gasteiger partial charge is 0.508 e. The number of hydrogen-bond acceptors (Lipinski definition) is 3. The van der Waals surface area contributed by atoms with E-state index < -0.39 is 0 Å². The smallest absolute Gasteiger partial charge is 0.315 e. The molecule has 0 bridgehead atoms. The van der Waals surface area contributed by atoms with Crippen LogP contribution in [0, 0.1) is 0 Å². The van der Waals surface area contributed by atoms with Crippen molar-refractivity contribution in [3.05, 3.63) is 64.7 Å². The van der Waals surface area contributed by atoms with Crippen molar-refractivity contribution in [1.82, 2.24) is 10.6 Å². The van der Waals surface area contributed by atoms with Crippen LogP contribution in [-0.2, 0) is 19.4 Å². The molecule has 24 heavy (non-hydrogen) atoms. The van der Waals surface area contributed by atoms with Gasteiger partial charge in [0.25, 0.3) is 0 Å². The predicted octanol–water partition coefficient (Wildman–Crippen LogP) is 2.41. The Labute approximate surface area is 141 Å². The lowest BCUT2D eigenvalue weighted by molar-refractivity contribution is 0.237. The van der Waals surface area contributed by atoms with Crippen molar-refractivity contribution in [2.24, 2.45) is 0 Å². The standard InChI is InChI=1S/C19H22N2O3/c22-12-14-6-4-13(5-7-14)10-11-20-19(24)21-17-9-8-16-15(17)2-1-3-18(16)23/h1-7,17,22-23H,8-12H2,(H2,20,21,24). The fraction of sp³-hybridized carbons (Fsp3) is 0.316. The van der Waals surface area contributed by atoms with E-state index in [-0.39, 0.29) is 18.7 Å². The fourth-order valence-electron chi connectivity index (χ4n) is 3.13. The quantitative estimate of drug-likeness (QED) is 0.681. The molecule has 5 heteroatoms. The third-order valence-corrected chi connectivity index (χ3v) is 4.46. The summed E-state index contributed by atoms with van der Waals surface area (Å²) in [5, 5.41) is 24.7. The van der Waals surface area contributed by atoms with Crippen LogP contribution in [0.25, 0.3) is 0 Å². The molecule has 1 aliphatic carbocycles. The van der Waals surface area contributed by atoms with Crippen LogP contribution in [0.3, 0.4) is 0 Å². The van der Waals surface area contributed by atoms with Crippen LogP contribution in [-0.4, -0.2) is 22.8 Å². The van der Waals surface area contributed by atoms with Gasteiger partial charge in [-0.05, 0) is 47.6 Å². The van der Waals surface area contributed by atoms with Gasteiger partial charge in [0.15, 0.2) is 0 Å². The third-order valence-electron chi connectivity index (χ3n) is 4.46. The molecule has 0 saturated carbocycles. The van der Waals surface area contributed by atoms with Gasteiger partial charge in [-0.15, -0.1) is 0 Å². The molecule has 2 amide bonds. The summed E-state index contributed by atoms with van der Waals surface area (Å²) in [6.45, 7) is 0.587. The summed E-state index contributed by atoms with van der Waals surface area (Å²) in [7, 11) is 0. The molecule has 126 valence electrons. The fourth-order valence-corrected chi connectivity index (χ4v) is 3.13. The predicted molar refractivity (Wildman–Crippen MR) is 91.8 cm³/mol. The molecule has 1 unspecified atom stereocenters. The first-order chi connectivity index (χ1) is 11.7. The normalized spacial score (nSPS) is 15.8. The number of carbonyl (C=O) groups excluding carboxylic acids is 1. The summed E-state index contributed by atoms with van der Waals surface area (Å²) < 4.78 is 0. The van der Waals surface area contributed by atoms with Crippen LogP contribution in [0.4, 0.5) is 4.79 Å². The van der Waals surface area contributed by atoms with Crippen LogP contribution in [0.1, 0.15) is 34.7 Å². The van der Waals surface area contributed by atoms with E-state index in [2.05, 4.69) is 10.6 Å². The van der Waals surface area contributed by atoms with E-state index in [0.717, 1.165) is 41.5 Å². The highest BCUT2D eigenvalue weighted by Gasteiger charge is 2.25. The van der Waals surface area contributed by atoms with E-state index in [9.17, 15) is 9.90 Å². The summed E-state index contributed by atoms with van der Waals surface area (Å²) in [6.07, 6.45) is 2.33. The van der Waals surface area contributed by atoms with E-state index in [1.807, 2.05) is 36.4 Å². The average molecular weight is 326 g/mol. The number of fused-ring (bicyclic) bond motifs is 1. The van der Waals surface area contributed by atoms with E-state index in [0.29, 0.717) is 12.3 Å². The number of aliphatic hydroxyl groups is 1. The molecular formula is C19H22N2O3. The lowest BCUT2D eigenvalue weighted by Crippen LogP contribution is -2.38. The van der Waals surface area contributed by atoms with Gasteiger partial charge in [0.05, 0.1) is 12.6 Å². The Hall–Kier alpha value is -2.53. The molecule has 1 atom stereocenters. The van der Waals surface area contributed by atoms with E-state index in [4.69, 9.17) is 5.11 Å². The highest BCUT2D eigenvalue weighted by molar-refractivity contribution is 5.74. The number of nitrogens with one attached hydrogen (secondary N) is 2. The molecule has 0 saturated heterocycles. The van der Waals surface area contributed by atoms with E-state index >= 15 is 0 Å². The Kier molecular flexibility index (Phi) is 5.01. The lowest BCUT2D eigenvalue weighted by Gasteiger charge is -2.15. The van der Waals surface area contributed by atoms with Crippen LogP contribution in [0.2, 0.25) is 0 Å². The summed E-state index contributed by atoms with van der Waals surface area (Å²) in [5.74, 6) is 0.309. The number of aromatic hydroxyl groups is 1. The van der Waals surface area contributed by atoms with E-state index in [1.54, 1.807) is 6.07 Å². The Balaban J connectivity index is 1.48. The average Bonchev–Trinajstić information content (AvgIpc) is 3.00. The number of hydrogen-bond donors (Lipinski definition) is 4. The van der Waals surface area contributed by atoms with Crippen molar-refractivity contribution >= 4 is 6.03 Å². The molecule has 0 spiro atoms. The molecule has 0 aliphatic heterocycles. The summed E-state index contributed by atoms with van der Waals surface area (Å²) in [5.41, 5.74) is 3.94. The summed E-state index contributed by atoms with van der Waals surface area (Å²) in [4.78, 5) is 12.1. The van der Waals surface area contributed by atoms with Crippen LogP contribution >= 0.6 is 0 Å². The molecular weight excluding hydrogens is 304 g/mol. The highest BCUT2D eigenvalue weighted by atomic mass is 16.3. The Morgan fingerprint density at radius 1 is 1.12 bits per heavy atom. The van der Waals surface area contributed by atoms with Gasteiger partial charge in [-0.2, -0.15) is 0 Å². The Morgan fingerprint density at radius 2 is 1.88 bits per heavy atom. The second-order valence-corrected chi connectivity index (χ2v) is 6.06. The van der Waals surface area contributed by atoms with Crippen molar-refractivity contribution in [2.45, 2.75) is 31.9 Å². The maximum absolute atomic E-state index is 12.1. The Bertz CT molecular complexity index is 713. The van der Waals surface area contributed by atoms with Gasteiger partial charge in [0, 0.05) is 6.54 Å². The monoisotopic (exact) mass is 326 g/mol.